The van der Waals surface area contributed by atoms with E-state index >= 15 is 0 Å². The number of hydrogen-bond donors (Lipinski definition) is 2. The van der Waals surface area contributed by atoms with Crippen LogP contribution in [0.4, 0.5) is 0 Å². The van der Waals surface area contributed by atoms with Gasteiger partial charge in [-0.25, -0.2) is 4.98 Å². The van der Waals surface area contributed by atoms with Gasteiger partial charge in [0.1, 0.15) is 6.29 Å². The number of rotatable bonds is 12. The van der Waals surface area contributed by atoms with Gasteiger partial charge in [-0.1, -0.05) is 79.4 Å². The second kappa shape index (κ2) is 14.6. The molecule has 0 unspecified atom stereocenters. The minimum absolute atomic E-state index is 0.338. The summed E-state index contributed by atoms with van der Waals surface area (Å²) in [6, 6.07) is 18.3. The van der Waals surface area contributed by atoms with Crippen molar-refractivity contribution in [2.24, 2.45) is 5.41 Å². The van der Waals surface area contributed by atoms with Crippen LogP contribution in [-0.2, 0) is 11.2 Å². The molecule has 1 N–H and O–H groups in total. The molecule has 1 saturated carbocycles. The zero-order chi connectivity index (χ0) is 29.2. The smallest absolute Gasteiger partial charge is 0.120 e. The largest absolute Gasteiger partial charge is 0.386 e. The summed E-state index contributed by atoms with van der Waals surface area (Å²) in [5, 5.41) is 12.1. The minimum atomic E-state index is -0.919. The Morgan fingerprint density at radius 2 is 1.85 bits per heavy atom. The Labute approximate surface area is 249 Å². The summed E-state index contributed by atoms with van der Waals surface area (Å²) in [4.78, 5) is 14.7. The molecule has 0 saturated heterocycles. The van der Waals surface area contributed by atoms with Gasteiger partial charge in [-0.2, -0.15) is 12.6 Å². The number of nitrogens with zero attached hydrogens (tertiary/aromatic N) is 1. The molecule has 0 amide bonds. The van der Waals surface area contributed by atoms with Crippen molar-refractivity contribution >= 4 is 53.6 Å². The van der Waals surface area contributed by atoms with Crippen molar-refractivity contribution in [3.8, 4) is 0 Å². The molecule has 1 aliphatic rings. The standard InChI is InChI=1S/C29H30ClNO.C6H10OS/c1-5-23(27(6-2)29(3,4)32)12-8-11-21-9-7-10-22(19-21)13-17-26-18-15-24-14-16-25(30)20-28(24)31-26;7-4-3-6(5-8)1-2-6/h5-7,9-10,13-20,32H,1-2,8,11-12H2,3-4H3;4,8H,1-3,5H2/b17-13+,27-23-;. The van der Waals surface area contributed by atoms with E-state index in [1.807, 2.05) is 36.4 Å². The first-order chi connectivity index (χ1) is 19.1. The van der Waals surface area contributed by atoms with Gasteiger partial charge in [0, 0.05) is 16.8 Å². The highest BCUT2D eigenvalue weighted by Gasteiger charge is 2.40. The van der Waals surface area contributed by atoms with E-state index in [2.05, 4.69) is 67.2 Å². The van der Waals surface area contributed by atoms with Crippen LogP contribution < -0.4 is 0 Å². The number of allylic oxidation sites excluding steroid dienone is 2. The van der Waals surface area contributed by atoms with Gasteiger partial charge >= 0.3 is 0 Å². The van der Waals surface area contributed by atoms with Crippen LogP contribution in [0.25, 0.3) is 23.1 Å². The van der Waals surface area contributed by atoms with Crippen LogP contribution >= 0.6 is 24.2 Å². The van der Waals surface area contributed by atoms with Gasteiger partial charge in [0.15, 0.2) is 0 Å². The zero-order valence-electron chi connectivity index (χ0n) is 23.6. The van der Waals surface area contributed by atoms with Gasteiger partial charge in [-0.15, -0.1) is 0 Å². The summed E-state index contributed by atoms with van der Waals surface area (Å²) in [7, 11) is 0. The Balaban J connectivity index is 0.000000472. The van der Waals surface area contributed by atoms with Crippen LogP contribution in [0, 0.1) is 5.41 Å². The Morgan fingerprint density at radius 3 is 2.45 bits per heavy atom. The van der Waals surface area contributed by atoms with E-state index in [4.69, 9.17) is 11.6 Å². The summed E-state index contributed by atoms with van der Waals surface area (Å²) in [5.74, 6) is 0.881. The van der Waals surface area contributed by atoms with Gasteiger partial charge in [-0.3, -0.25) is 0 Å². The molecule has 3 nitrogen and oxygen atoms in total. The van der Waals surface area contributed by atoms with Gasteiger partial charge < -0.3 is 9.90 Å². The molecule has 0 spiro atoms. The number of aromatic nitrogens is 1. The number of aryl methyl sites for hydroxylation is 1. The van der Waals surface area contributed by atoms with E-state index in [1.165, 1.54) is 18.4 Å². The lowest BCUT2D eigenvalue weighted by Gasteiger charge is -2.22. The van der Waals surface area contributed by atoms with Crippen molar-refractivity contribution in [3.05, 3.63) is 113 Å². The summed E-state index contributed by atoms with van der Waals surface area (Å²) in [5.41, 5.74) is 5.51. The molecule has 5 heteroatoms. The average molecular weight is 574 g/mol. The third-order valence-corrected chi connectivity index (χ3v) is 8.16. The summed E-state index contributed by atoms with van der Waals surface area (Å²) >= 11 is 10.2. The van der Waals surface area contributed by atoms with E-state index < -0.39 is 5.60 Å². The van der Waals surface area contributed by atoms with E-state index in [1.54, 1.807) is 19.9 Å². The van der Waals surface area contributed by atoms with Crippen LogP contribution in [0.1, 0.15) is 62.8 Å². The number of benzene rings is 2. The maximum absolute atomic E-state index is 10.4. The van der Waals surface area contributed by atoms with Crippen LogP contribution in [0.15, 0.2) is 91.1 Å². The van der Waals surface area contributed by atoms with Gasteiger partial charge in [-0.05, 0) is 104 Å². The van der Waals surface area contributed by atoms with E-state index in [0.717, 1.165) is 71.0 Å². The molecule has 1 heterocycles. The molecule has 1 aliphatic carbocycles. The van der Waals surface area contributed by atoms with Crippen molar-refractivity contribution < 1.29 is 9.90 Å². The van der Waals surface area contributed by atoms with Crippen molar-refractivity contribution in [2.45, 2.75) is 58.0 Å². The highest BCUT2D eigenvalue weighted by Crippen LogP contribution is 2.48. The first-order valence-electron chi connectivity index (χ1n) is 13.7. The normalized spacial score (nSPS) is 14.7. The summed E-state index contributed by atoms with van der Waals surface area (Å²) < 4.78 is 0. The first-order valence-corrected chi connectivity index (χ1v) is 14.7. The van der Waals surface area contributed by atoms with Crippen LogP contribution in [-0.4, -0.2) is 27.7 Å². The maximum atomic E-state index is 10.4. The fourth-order valence-electron chi connectivity index (χ4n) is 4.62. The van der Waals surface area contributed by atoms with Gasteiger partial charge in [0.2, 0.25) is 0 Å². The quantitative estimate of drug-likeness (QED) is 0.129. The molecule has 3 aromatic rings. The predicted octanol–water partition coefficient (Wildman–Crippen LogP) is 9.11. The lowest BCUT2D eigenvalue weighted by Crippen LogP contribution is -2.22. The van der Waals surface area contributed by atoms with Crippen molar-refractivity contribution in [2.75, 3.05) is 5.75 Å². The molecule has 1 aromatic heterocycles. The second-order valence-corrected chi connectivity index (χ2v) is 11.7. The summed E-state index contributed by atoms with van der Waals surface area (Å²) in [6.07, 6.45) is 14.6. The average Bonchev–Trinajstić information content (AvgIpc) is 3.71. The number of pyridine rings is 1. The lowest BCUT2D eigenvalue weighted by atomic mass is 9.90. The molecule has 1 fully saturated rings. The number of carbonyl (C=O) groups excluding carboxylic acids is 1. The molecule has 0 aliphatic heterocycles. The number of thiol groups is 1. The highest BCUT2D eigenvalue weighted by molar-refractivity contribution is 7.80. The van der Waals surface area contributed by atoms with E-state index in [0.29, 0.717) is 10.4 Å². The Kier molecular flexibility index (Phi) is 11.6. The molecule has 0 bridgehead atoms. The first kappa shape index (κ1) is 31.6. The van der Waals surface area contributed by atoms with Crippen molar-refractivity contribution in [1.29, 1.82) is 0 Å². The minimum Gasteiger partial charge on any atom is -0.386 e. The number of carbonyl (C=O) groups is 1. The third-order valence-electron chi connectivity index (χ3n) is 7.25. The molecular formula is C35H40ClNO2S. The fourth-order valence-corrected chi connectivity index (χ4v) is 5.23. The molecule has 2 aromatic carbocycles. The third kappa shape index (κ3) is 9.33. The zero-order valence-corrected chi connectivity index (χ0v) is 25.2. The number of halogens is 1. The SMILES string of the molecule is C=C/C(CCCc1cccc(/C=C/c2ccc3ccc(Cl)cc3n2)c1)=C(\C=C)C(C)(C)O.O=CCC1(CS)CC1. The summed E-state index contributed by atoms with van der Waals surface area (Å²) in [6.45, 7) is 11.3. The second-order valence-electron chi connectivity index (χ2n) is 10.9. The topological polar surface area (TPSA) is 50.2 Å². The van der Waals surface area contributed by atoms with Crippen LogP contribution in [0.3, 0.4) is 0 Å². The number of fused-ring (bicyclic) bond motifs is 1. The molecule has 40 heavy (non-hydrogen) atoms. The molecule has 0 atom stereocenters. The van der Waals surface area contributed by atoms with Crippen LogP contribution in [0.2, 0.25) is 5.02 Å². The number of hydrogen-bond acceptors (Lipinski definition) is 4. The van der Waals surface area contributed by atoms with Crippen molar-refractivity contribution in [1.82, 2.24) is 4.98 Å². The monoisotopic (exact) mass is 573 g/mol. The van der Waals surface area contributed by atoms with Gasteiger partial charge in [0.05, 0.1) is 16.8 Å². The molecule has 4 rings (SSSR count). The molecule has 0 radical (unpaired) electrons. The van der Waals surface area contributed by atoms with E-state index in [-0.39, 0.29) is 0 Å². The highest BCUT2D eigenvalue weighted by atomic mass is 35.5. The molecular weight excluding hydrogens is 534 g/mol. The maximum Gasteiger partial charge on any atom is 0.120 e. The fraction of sp³-hybridized carbons (Fsp3) is 0.314. The Bertz CT molecular complexity index is 1400. The number of aliphatic hydroxyl groups is 1. The Hall–Kier alpha value is -2.92. The van der Waals surface area contributed by atoms with Crippen LogP contribution in [0.5, 0.6) is 0 Å². The van der Waals surface area contributed by atoms with Crippen molar-refractivity contribution in [3.63, 3.8) is 0 Å². The van der Waals surface area contributed by atoms with Gasteiger partial charge in [0.25, 0.3) is 0 Å². The molecule has 210 valence electrons. The number of aldehydes is 1. The predicted molar refractivity (Wildman–Crippen MR) is 175 cm³/mol. The lowest BCUT2D eigenvalue weighted by molar-refractivity contribution is -0.108. The van der Waals surface area contributed by atoms with E-state index in [9.17, 15) is 9.90 Å². The Morgan fingerprint density at radius 1 is 1.10 bits per heavy atom.